The van der Waals surface area contributed by atoms with Gasteiger partial charge in [-0.05, 0) is 23.2 Å². The molecule has 0 aliphatic heterocycles. The van der Waals surface area contributed by atoms with Gasteiger partial charge >= 0.3 is 0 Å². The molecule has 0 aliphatic carbocycles. The molecule has 0 saturated heterocycles. The van der Waals surface area contributed by atoms with Crippen molar-refractivity contribution in [3.8, 4) is 22.4 Å². The Bertz CT molecular complexity index is 1060. The highest BCUT2D eigenvalue weighted by Crippen LogP contribution is 2.38. The molecule has 0 N–H and O–H groups in total. The lowest BCUT2D eigenvalue weighted by atomic mass is 9.92. The van der Waals surface area contributed by atoms with Crippen LogP contribution < -0.4 is 0 Å². The van der Waals surface area contributed by atoms with Gasteiger partial charge in [0.2, 0.25) is 0 Å². The maximum atomic E-state index is 12.4. The molecule has 2 nitrogen and oxygen atoms in total. The minimum absolute atomic E-state index is 0.477. The number of rotatable bonds is 3. The van der Waals surface area contributed by atoms with E-state index >= 15 is 0 Å². The number of pyridine rings is 1. The number of aromatic nitrogens is 1. The molecule has 0 fully saturated rings. The lowest BCUT2D eigenvalue weighted by molar-refractivity contribution is 0.108. The SMILES string of the molecule is O=C(Cl)c1c(-c2ccccc2)c(-c2ccccc2)nc2ccccc12. The highest BCUT2D eigenvalue weighted by Gasteiger charge is 2.21. The number of para-hydroxylation sites is 1. The largest absolute Gasteiger partial charge is 0.276 e. The van der Waals surface area contributed by atoms with Crippen molar-refractivity contribution in [1.82, 2.24) is 4.98 Å². The van der Waals surface area contributed by atoms with Gasteiger partial charge in [0.15, 0.2) is 0 Å². The zero-order valence-electron chi connectivity index (χ0n) is 13.3. The minimum atomic E-state index is -0.477. The second kappa shape index (κ2) is 6.50. The zero-order valence-corrected chi connectivity index (χ0v) is 14.1. The highest BCUT2D eigenvalue weighted by atomic mass is 35.5. The van der Waals surface area contributed by atoms with Crippen molar-refractivity contribution >= 4 is 27.7 Å². The molecule has 1 heterocycles. The van der Waals surface area contributed by atoms with Gasteiger partial charge < -0.3 is 0 Å². The van der Waals surface area contributed by atoms with Gasteiger partial charge in [0.1, 0.15) is 0 Å². The first-order valence-electron chi connectivity index (χ1n) is 7.99. The van der Waals surface area contributed by atoms with E-state index in [4.69, 9.17) is 16.6 Å². The maximum Gasteiger partial charge on any atom is 0.253 e. The van der Waals surface area contributed by atoms with Crippen LogP contribution in [0.4, 0.5) is 0 Å². The van der Waals surface area contributed by atoms with Crippen LogP contribution in [-0.2, 0) is 0 Å². The standard InChI is InChI=1S/C22H14ClNO/c23-22(25)20-17-13-7-8-14-18(17)24-21(16-11-5-2-6-12-16)19(20)15-9-3-1-4-10-15/h1-14H. The predicted molar refractivity (Wildman–Crippen MR) is 103 cm³/mol. The Kier molecular flexibility index (Phi) is 4.04. The number of halogens is 1. The lowest BCUT2D eigenvalue weighted by Gasteiger charge is -2.15. The molecule has 0 amide bonds. The molecular weight excluding hydrogens is 330 g/mol. The smallest absolute Gasteiger partial charge is 0.253 e. The average Bonchev–Trinajstić information content (AvgIpc) is 2.67. The Hall–Kier alpha value is -2.97. The molecule has 0 spiro atoms. The van der Waals surface area contributed by atoms with Crippen molar-refractivity contribution in [2.75, 3.05) is 0 Å². The quantitative estimate of drug-likeness (QED) is 0.430. The van der Waals surface area contributed by atoms with Gasteiger partial charge in [-0.1, -0.05) is 78.9 Å². The monoisotopic (exact) mass is 343 g/mol. The van der Waals surface area contributed by atoms with Crippen molar-refractivity contribution in [1.29, 1.82) is 0 Å². The molecule has 120 valence electrons. The zero-order chi connectivity index (χ0) is 17.2. The summed E-state index contributed by atoms with van der Waals surface area (Å²) in [6.45, 7) is 0. The van der Waals surface area contributed by atoms with Crippen LogP contribution in [0.3, 0.4) is 0 Å². The summed E-state index contributed by atoms with van der Waals surface area (Å²) in [6.07, 6.45) is 0. The minimum Gasteiger partial charge on any atom is -0.276 e. The van der Waals surface area contributed by atoms with Crippen LogP contribution >= 0.6 is 11.6 Å². The van der Waals surface area contributed by atoms with Gasteiger partial charge in [-0.25, -0.2) is 4.98 Å². The van der Waals surface area contributed by atoms with Crippen LogP contribution in [0, 0.1) is 0 Å². The first-order chi connectivity index (χ1) is 12.3. The molecule has 4 aromatic rings. The molecule has 4 rings (SSSR count). The van der Waals surface area contributed by atoms with Gasteiger partial charge in [-0.15, -0.1) is 0 Å². The van der Waals surface area contributed by atoms with Gasteiger partial charge in [0.05, 0.1) is 16.8 Å². The van der Waals surface area contributed by atoms with Crippen LogP contribution in [0.2, 0.25) is 0 Å². The Morgan fingerprint density at radius 3 is 1.92 bits per heavy atom. The van der Waals surface area contributed by atoms with Crippen LogP contribution in [0.1, 0.15) is 10.4 Å². The Morgan fingerprint density at radius 2 is 1.28 bits per heavy atom. The van der Waals surface area contributed by atoms with Crippen molar-refractivity contribution < 1.29 is 4.79 Å². The summed E-state index contributed by atoms with van der Waals surface area (Å²) in [5.41, 5.74) is 4.65. The van der Waals surface area contributed by atoms with Crippen molar-refractivity contribution in [3.05, 3.63) is 90.5 Å². The highest BCUT2D eigenvalue weighted by molar-refractivity contribution is 6.69. The van der Waals surface area contributed by atoms with E-state index in [1.807, 2.05) is 84.9 Å². The number of hydrogen-bond acceptors (Lipinski definition) is 2. The lowest BCUT2D eigenvalue weighted by Crippen LogP contribution is -2.01. The van der Waals surface area contributed by atoms with Gasteiger partial charge in [0.25, 0.3) is 5.24 Å². The van der Waals surface area contributed by atoms with Gasteiger partial charge in [-0.2, -0.15) is 0 Å². The molecule has 0 atom stereocenters. The molecule has 25 heavy (non-hydrogen) atoms. The first-order valence-corrected chi connectivity index (χ1v) is 8.37. The normalized spacial score (nSPS) is 10.8. The Morgan fingerprint density at radius 1 is 0.720 bits per heavy atom. The molecule has 0 bridgehead atoms. The Labute approximate surface area is 150 Å². The van der Waals surface area contributed by atoms with E-state index in [0.29, 0.717) is 5.56 Å². The molecule has 0 radical (unpaired) electrons. The molecule has 0 saturated carbocycles. The Balaban J connectivity index is 2.18. The third-order valence-corrected chi connectivity index (χ3v) is 4.39. The average molecular weight is 344 g/mol. The summed E-state index contributed by atoms with van der Waals surface area (Å²) in [5.74, 6) is 0. The van der Waals surface area contributed by atoms with E-state index in [-0.39, 0.29) is 0 Å². The van der Waals surface area contributed by atoms with Crippen LogP contribution in [0.15, 0.2) is 84.9 Å². The molecule has 3 heteroatoms. The second-order valence-electron chi connectivity index (χ2n) is 5.73. The van der Waals surface area contributed by atoms with Crippen LogP contribution in [0.5, 0.6) is 0 Å². The number of benzene rings is 3. The second-order valence-corrected chi connectivity index (χ2v) is 6.08. The van der Waals surface area contributed by atoms with Crippen LogP contribution in [0.25, 0.3) is 33.3 Å². The summed E-state index contributed by atoms with van der Waals surface area (Å²) in [7, 11) is 0. The first kappa shape index (κ1) is 15.6. The van der Waals surface area contributed by atoms with E-state index in [9.17, 15) is 4.79 Å². The van der Waals surface area contributed by atoms with Crippen LogP contribution in [-0.4, -0.2) is 10.2 Å². The molecular formula is C22H14ClNO. The topological polar surface area (TPSA) is 30.0 Å². The summed E-state index contributed by atoms with van der Waals surface area (Å²) in [4.78, 5) is 17.2. The summed E-state index contributed by atoms with van der Waals surface area (Å²) < 4.78 is 0. The van der Waals surface area contributed by atoms with Crippen molar-refractivity contribution in [2.24, 2.45) is 0 Å². The third-order valence-electron chi connectivity index (χ3n) is 4.20. The fourth-order valence-electron chi connectivity index (χ4n) is 3.11. The molecule has 0 unspecified atom stereocenters. The maximum absolute atomic E-state index is 12.4. The van der Waals surface area contributed by atoms with Gasteiger partial charge in [0, 0.05) is 16.5 Å². The van der Waals surface area contributed by atoms with Gasteiger partial charge in [-0.3, -0.25) is 4.79 Å². The summed E-state index contributed by atoms with van der Waals surface area (Å²) in [5, 5.41) is 0.288. The molecule has 3 aromatic carbocycles. The fourth-order valence-corrected chi connectivity index (χ4v) is 3.30. The predicted octanol–water partition coefficient (Wildman–Crippen LogP) is 5.95. The van der Waals surface area contributed by atoms with E-state index in [2.05, 4.69) is 0 Å². The summed E-state index contributed by atoms with van der Waals surface area (Å²) in [6, 6.07) is 27.2. The van der Waals surface area contributed by atoms with Crippen molar-refractivity contribution in [3.63, 3.8) is 0 Å². The molecule has 1 aromatic heterocycles. The number of hydrogen-bond donors (Lipinski definition) is 0. The summed E-state index contributed by atoms with van der Waals surface area (Å²) >= 11 is 6.03. The van der Waals surface area contributed by atoms with E-state index in [1.165, 1.54) is 0 Å². The van der Waals surface area contributed by atoms with E-state index in [0.717, 1.165) is 33.3 Å². The van der Waals surface area contributed by atoms with E-state index in [1.54, 1.807) is 0 Å². The number of fused-ring (bicyclic) bond motifs is 1. The number of nitrogens with zero attached hydrogens (tertiary/aromatic N) is 1. The van der Waals surface area contributed by atoms with E-state index < -0.39 is 5.24 Å². The number of carbonyl (C=O) groups is 1. The molecule has 0 aliphatic rings. The van der Waals surface area contributed by atoms with Crippen molar-refractivity contribution in [2.45, 2.75) is 0 Å². The number of carbonyl (C=O) groups excluding carboxylic acids is 1. The fraction of sp³-hybridized carbons (Fsp3) is 0. The third kappa shape index (κ3) is 2.81.